The fourth-order valence-corrected chi connectivity index (χ4v) is 2.98. The van der Waals surface area contributed by atoms with Crippen LogP contribution < -0.4 is 4.90 Å². The smallest absolute Gasteiger partial charge is 0.253 e. The van der Waals surface area contributed by atoms with Crippen LogP contribution in [0.25, 0.3) is 0 Å². The van der Waals surface area contributed by atoms with E-state index in [4.69, 9.17) is 0 Å². The van der Waals surface area contributed by atoms with E-state index in [1.165, 1.54) is 0 Å². The minimum absolute atomic E-state index is 0.117. The first-order chi connectivity index (χ1) is 11.0. The second-order valence-electron chi connectivity index (χ2n) is 6.19. The van der Waals surface area contributed by atoms with Gasteiger partial charge in [-0.15, -0.1) is 5.10 Å². The number of carbonyl (C=O) groups is 1. The molecule has 0 saturated carbocycles. The highest BCUT2D eigenvalue weighted by Gasteiger charge is 2.23. The molecule has 5 nitrogen and oxygen atoms in total. The van der Waals surface area contributed by atoms with Gasteiger partial charge < -0.3 is 9.80 Å². The molecule has 0 spiro atoms. The van der Waals surface area contributed by atoms with Crippen LogP contribution in [-0.2, 0) is 0 Å². The third-order valence-electron chi connectivity index (χ3n) is 4.14. The van der Waals surface area contributed by atoms with Crippen molar-refractivity contribution in [2.75, 3.05) is 31.1 Å². The number of piperazine rings is 1. The molecule has 1 aromatic heterocycles. The topological polar surface area (TPSA) is 49.3 Å². The zero-order chi connectivity index (χ0) is 16.4. The first kappa shape index (κ1) is 15.5. The van der Waals surface area contributed by atoms with E-state index in [9.17, 15) is 4.79 Å². The molecule has 1 fully saturated rings. The molecule has 0 radical (unpaired) electrons. The van der Waals surface area contributed by atoms with Crippen molar-refractivity contribution in [2.45, 2.75) is 20.8 Å². The normalized spacial score (nSPS) is 14.9. The van der Waals surface area contributed by atoms with E-state index < -0.39 is 0 Å². The summed E-state index contributed by atoms with van der Waals surface area (Å²) in [7, 11) is 0. The minimum atomic E-state index is 0.117. The Hall–Kier alpha value is -2.43. The molecule has 1 aliphatic heterocycles. The Morgan fingerprint density at radius 2 is 1.57 bits per heavy atom. The number of carbonyl (C=O) groups excluding carboxylic acids is 1. The van der Waals surface area contributed by atoms with Gasteiger partial charge >= 0.3 is 0 Å². The van der Waals surface area contributed by atoms with Crippen molar-refractivity contribution < 1.29 is 4.79 Å². The summed E-state index contributed by atoms with van der Waals surface area (Å²) in [5.74, 6) is 1.00. The molecular formula is C18H22N4O. The summed E-state index contributed by atoms with van der Waals surface area (Å²) in [5.41, 5.74) is 3.95. The van der Waals surface area contributed by atoms with Gasteiger partial charge in [-0.1, -0.05) is 17.2 Å². The summed E-state index contributed by atoms with van der Waals surface area (Å²) in [6.07, 6.45) is 0. The lowest BCUT2D eigenvalue weighted by molar-refractivity contribution is 0.0746. The Morgan fingerprint density at radius 1 is 0.913 bits per heavy atom. The van der Waals surface area contributed by atoms with Crippen LogP contribution in [0, 0.1) is 20.8 Å². The molecule has 0 bridgehead atoms. The van der Waals surface area contributed by atoms with Gasteiger partial charge in [-0.05, 0) is 45.0 Å². The van der Waals surface area contributed by atoms with E-state index in [1.54, 1.807) is 0 Å². The predicted molar refractivity (Wildman–Crippen MR) is 90.8 cm³/mol. The van der Waals surface area contributed by atoms with Gasteiger partial charge in [-0.2, -0.15) is 5.10 Å². The predicted octanol–water partition coefficient (Wildman–Crippen LogP) is 2.36. The summed E-state index contributed by atoms with van der Waals surface area (Å²) in [6.45, 7) is 8.97. The number of rotatable bonds is 2. The first-order valence-electron chi connectivity index (χ1n) is 7.96. The van der Waals surface area contributed by atoms with Crippen LogP contribution in [0.5, 0.6) is 0 Å². The quantitative estimate of drug-likeness (QED) is 0.854. The highest BCUT2D eigenvalue weighted by Crippen LogP contribution is 2.16. The zero-order valence-corrected chi connectivity index (χ0v) is 13.9. The molecule has 1 aliphatic rings. The van der Waals surface area contributed by atoms with Gasteiger partial charge in [-0.3, -0.25) is 4.79 Å². The molecule has 0 N–H and O–H groups in total. The third kappa shape index (κ3) is 3.50. The van der Waals surface area contributed by atoms with Crippen molar-refractivity contribution in [1.29, 1.82) is 0 Å². The fourth-order valence-electron chi connectivity index (χ4n) is 2.98. The Labute approximate surface area is 136 Å². The molecule has 1 aromatic carbocycles. The molecule has 2 aromatic rings. The maximum absolute atomic E-state index is 12.7. The lowest BCUT2D eigenvalue weighted by atomic mass is 10.1. The maximum atomic E-state index is 12.7. The highest BCUT2D eigenvalue weighted by atomic mass is 16.2. The van der Waals surface area contributed by atoms with E-state index >= 15 is 0 Å². The van der Waals surface area contributed by atoms with Crippen LogP contribution in [0.2, 0.25) is 0 Å². The molecular weight excluding hydrogens is 288 g/mol. The lowest BCUT2D eigenvalue weighted by Gasteiger charge is -2.35. The van der Waals surface area contributed by atoms with Gasteiger partial charge in [0.2, 0.25) is 0 Å². The zero-order valence-electron chi connectivity index (χ0n) is 13.9. The average molecular weight is 310 g/mol. The molecule has 0 atom stereocenters. The summed E-state index contributed by atoms with van der Waals surface area (Å²) < 4.78 is 0. The Balaban J connectivity index is 1.66. The molecule has 3 rings (SSSR count). The van der Waals surface area contributed by atoms with Crippen LogP contribution in [-0.4, -0.2) is 47.2 Å². The summed E-state index contributed by atoms with van der Waals surface area (Å²) in [4.78, 5) is 16.8. The number of hydrogen-bond donors (Lipinski definition) is 0. The number of aryl methyl sites for hydroxylation is 3. The Bertz CT molecular complexity index is 683. The molecule has 0 unspecified atom stereocenters. The van der Waals surface area contributed by atoms with E-state index in [0.29, 0.717) is 13.1 Å². The maximum Gasteiger partial charge on any atom is 0.253 e. The molecule has 1 amide bonds. The fraction of sp³-hybridized carbons (Fsp3) is 0.389. The summed E-state index contributed by atoms with van der Waals surface area (Å²) >= 11 is 0. The van der Waals surface area contributed by atoms with E-state index in [2.05, 4.69) is 21.2 Å². The number of benzene rings is 1. The second kappa shape index (κ2) is 6.36. The van der Waals surface area contributed by atoms with E-state index in [0.717, 1.165) is 41.3 Å². The van der Waals surface area contributed by atoms with Crippen molar-refractivity contribution in [3.63, 3.8) is 0 Å². The second-order valence-corrected chi connectivity index (χ2v) is 6.19. The monoisotopic (exact) mass is 310 g/mol. The molecule has 2 heterocycles. The van der Waals surface area contributed by atoms with E-state index in [-0.39, 0.29) is 5.91 Å². The van der Waals surface area contributed by atoms with Gasteiger partial charge in [0.15, 0.2) is 5.82 Å². The van der Waals surface area contributed by atoms with Gasteiger partial charge in [0.05, 0.1) is 5.69 Å². The number of anilines is 1. The molecule has 5 heteroatoms. The van der Waals surface area contributed by atoms with Gasteiger partial charge in [0.25, 0.3) is 5.91 Å². The molecule has 0 aliphatic carbocycles. The van der Waals surface area contributed by atoms with Crippen LogP contribution in [0.4, 0.5) is 5.82 Å². The molecule has 1 saturated heterocycles. The van der Waals surface area contributed by atoms with Crippen LogP contribution >= 0.6 is 0 Å². The van der Waals surface area contributed by atoms with Gasteiger partial charge in [0, 0.05) is 31.7 Å². The molecule has 23 heavy (non-hydrogen) atoms. The van der Waals surface area contributed by atoms with Crippen molar-refractivity contribution in [3.05, 3.63) is 52.7 Å². The first-order valence-corrected chi connectivity index (χ1v) is 7.96. The Kier molecular flexibility index (Phi) is 4.28. The largest absolute Gasteiger partial charge is 0.352 e. The van der Waals surface area contributed by atoms with Gasteiger partial charge in [0.1, 0.15) is 0 Å². The number of aromatic nitrogens is 2. The summed E-state index contributed by atoms with van der Waals surface area (Å²) in [6, 6.07) is 9.98. The van der Waals surface area contributed by atoms with Crippen molar-refractivity contribution in [1.82, 2.24) is 15.1 Å². The third-order valence-corrected chi connectivity index (χ3v) is 4.14. The SMILES string of the molecule is Cc1cc(C)cc(C(=O)N2CCN(c3ccc(C)nn3)CC2)c1. The average Bonchev–Trinajstić information content (AvgIpc) is 2.54. The number of hydrogen-bond acceptors (Lipinski definition) is 4. The summed E-state index contributed by atoms with van der Waals surface area (Å²) in [5, 5.41) is 8.33. The van der Waals surface area contributed by atoms with Crippen molar-refractivity contribution in [2.24, 2.45) is 0 Å². The van der Waals surface area contributed by atoms with Gasteiger partial charge in [-0.25, -0.2) is 0 Å². The van der Waals surface area contributed by atoms with E-state index in [1.807, 2.05) is 49.9 Å². The number of amides is 1. The Morgan fingerprint density at radius 3 is 2.13 bits per heavy atom. The minimum Gasteiger partial charge on any atom is -0.352 e. The van der Waals surface area contributed by atoms with Crippen LogP contribution in [0.1, 0.15) is 27.2 Å². The highest BCUT2D eigenvalue weighted by molar-refractivity contribution is 5.94. The lowest BCUT2D eigenvalue weighted by Crippen LogP contribution is -2.49. The standard InChI is InChI=1S/C18H22N4O/c1-13-10-14(2)12-16(11-13)18(23)22-8-6-21(7-9-22)17-5-4-15(3)19-20-17/h4-5,10-12H,6-9H2,1-3H3. The van der Waals surface area contributed by atoms with Crippen LogP contribution in [0.15, 0.2) is 30.3 Å². The molecule has 120 valence electrons. The van der Waals surface area contributed by atoms with Crippen molar-refractivity contribution >= 4 is 11.7 Å². The van der Waals surface area contributed by atoms with Crippen molar-refractivity contribution in [3.8, 4) is 0 Å². The van der Waals surface area contributed by atoms with Crippen LogP contribution in [0.3, 0.4) is 0 Å². The number of nitrogens with zero attached hydrogens (tertiary/aromatic N) is 4.